The molecule has 0 amide bonds. The SMILES string of the molecule is CC/C=C\C/C=C\C/C=C\C/C=C\C/C=C\C/C=C\C/C=C\CCCCCCCC(=O)OCC(COC(=O)CCCCCC/C=C\C/C=C\C/C=C\C/C=C\CC)OC(=O)CCCCCCCC/C=C\C/C=C\C/C=C\CCCCC. The zero-order valence-corrected chi connectivity index (χ0v) is 52.0. The molecule has 0 bridgehead atoms. The molecule has 0 radical (unpaired) electrons. The summed E-state index contributed by atoms with van der Waals surface area (Å²) in [5, 5.41) is 0. The van der Waals surface area contributed by atoms with Crippen LogP contribution in [0.5, 0.6) is 0 Å². The number of carbonyl (C=O) groups is 3. The quantitative estimate of drug-likeness (QED) is 0.0261. The van der Waals surface area contributed by atoms with Crippen LogP contribution < -0.4 is 0 Å². The molecule has 6 nitrogen and oxygen atoms in total. The molecule has 0 heterocycles. The molecule has 0 aliphatic rings. The Labute approximate surface area is 498 Å². The van der Waals surface area contributed by atoms with E-state index < -0.39 is 6.10 Å². The van der Waals surface area contributed by atoms with Crippen LogP contribution in [-0.2, 0) is 28.6 Å². The van der Waals surface area contributed by atoms with Crippen LogP contribution in [0, 0.1) is 0 Å². The molecule has 0 aliphatic heterocycles. The normalized spacial score (nSPS) is 13.3. The lowest BCUT2D eigenvalue weighted by atomic mass is 10.1. The molecule has 81 heavy (non-hydrogen) atoms. The lowest BCUT2D eigenvalue weighted by molar-refractivity contribution is -0.167. The van der Waals surface area contributed by atoms with E-state index in [0.29, 0.717) is 19.3 Å². The molecule has 0 rings (SSSR count). The van der Waals surface area contributed by atoms with Crippen LogP contribution in [0.1, 0.15) is 265 Å². The Morgan fingerprint density at radius 1 is 0.259 bits per heavy atom. The summed E-state index contributed by atoms with van der Waals surface area (Å²) in [5.41, 5.74) is 0. The van der Waals surface area contributed by atoms with Crippen molar-refractivity contribution in [2.45, 2.75) is 271 Å². The monoisotopic (exact) mass is 1110 g/mol. The molecule has 0 fully saturated rings. The van der Waals surface area contributed by atoms with Gasteiger partial charge in [-0.2, -0.15) is 0 Å². The van der Waals surface area contributed by atoms with Gasteiger partial charge in [-0.3, -0.25) is 14.4 Å². The minimum atomic E-state index is -0.815. The van der Waals surface area contributed by atoms with Crippen molar-refractivity contribution in [3.63, 3.8) is 0 Å². The Morgan fingerprint density at radius 2 is 0.481 bits per heavy atom. The third-order valence-corrected chi connectivity index (χ3v) is 13.2. The average molecular weight is 1120 g/mol. The highest BCUT2D eigenvalue weighted by Crippen LogP contribution is 2.14. The van der Waals surface area contributed by atoms with E-state index in [-0.39, 0.29) is 31.1 Å². The fourth-order valence-corrected chi connectivity index (χ4v) is 8.36. The van der Waals surface area contributed by atoms with Crippen molar-refractivity contribution < 1.29 is 28.6 Å². The molecule has 1 unspecified atom stereocenters. The number of allylic oxidation sites excluding steroid dienone is 28. The molecule has 0 N–H and O–H groups in total. The Hall–Kier alpha value is -5.23. The van der Waals surface area contributed by atoms with Crippen LogP contribution in [0.25, 0.3) is 0 Å². The molecular weight excluding hydrogens is 997 g/mol. The largest absolute Gasteiger partial charge is 0.462 e. The topological polar surface area (TPSA) is 78.9 Å². The van der Waals surface area contributed by atoms with Crippen molar-refractivity contribution in [3.05, 3.63) is 170 Å². The minimum absolute atomic E-state index is 0.110. The summed E-state index contributed by atoms with van der Waals surface area (Å²) in [6.07, 6.45) is 99.2. The predicted octanol–water partition coefficient (Wildman–Crippen LogP) is 22.7. The van der Waals surface area contributed by atoms with E-state index >= 15 is 0 Å². The maximum atomic E-state index is 12.9. The van der Waals surface area contributed by atoms with Crippen LogP contribution in [0.15, 0.2) is 170 Å². The van der Waals surface area contributed by atoms with Gasteiger partial charge in [0.25, 0.3) is 0 Å². The van der Waals surface area contributed by atoms with E-state index in [4.69, 9.17) is 14.2 Å². The van der Waals surface area contributed by atoms with Crippen LogP contribution in [0.3, 0.4) is 0 Å². The maximum absolute atomic E-state index is 12.9. The summed E-state index contributed by atoms with van der Waals surface area (Å²) < 4.78 is 16.9. The smallest absolute Gasteiger partial charge is 0.306 e. The second kappa shape index (κ2) is 67.3. The first-order valence-corrected chi connectivity index (χ1v) is 32.6. The molecule has 0 aromatic carbocycles. The first-order chi connectivity index (χ1) is 40.0. The van der Waals surface area contributed by atoms with Crippen molar-refractivity contribution in [3.8, 4) is 0 Å². The summed E-state index contributed by atoms with van der Waals surface area (Å²) in [4.78, 5) is 38.4. The number of esters is 3. The zero-order valence-electron chi connectivity index (χ0n) is 52.0. The fraction of sp³-hybridized carbons (Fsp3) is 0.587. The van der Waals surface area contributed by atoms with Crippen LogP contribution in [-0.4, -0.2) is 37.2 Å². The standard InChI is InChI=1S/C75H118O6/c1-4-7-10-13-16-19-22-25-28-31-33-34-35-36-37-38-39-40-42-44-47-50-53-56-59-62-65-68-74(77)80-71-72(70-79-73(76)67-64-61-58-55-52-49-46-43-30-27-24-21-18-15-12-9-6-3)81-75(78)69-66-63-60-57-54-51-48-45-41-32-29-26-23-20-17-14-11-8-5-2/h7,9-10,12,16-21,25-30,33-34,36-37,39-41,44-47,49,72H,4-6,8,11,13-15,22-24,31-32,35,38,42-43,48,50-71H2,1-3H3/b10-7-,12-9-,19-16-,20-17-,21-18-,28-25-,29-26-,30-27-,34-33-,37-36-,40-39-,45-41-,47-44-,49-46-. The highest BCUT2D eigenvalue weighted by Gasteiger charge is 2.19. The van der Waals surface area contributed by atoms with Gasteiger partial charge in [0.1, 0.15) is 13.2 Å². The van der Waals surface area contributed by atoms with Crippen molar-refractivity contribution >= 4 is 17.9 Å². The van der Waals surface area contributed by atoms with E-state index in [0.717, 1.165) is 186 Å². The Morgan fingerprint density at radius 3 is 0.753 bits per heavy atom. The summed E-state index contributed by atoms with van der Waals surface area (Å²) in [6.45, 7) is 6.33. The van der Waals surface area contributed by atoms with E-state index in [1.54, 1.807) is 0 Å². The van der Waals surface area contributed by atoms with Gasteiger partial charge < -0.3 is 14.2 Å². The Kier molecular flexibility index (Phi) is 62.9. The molecule has 1 atom stereocenters. The van der Waals surface area contributed by atoms with Crippen LogP contribution >= 0.6 is 0 Å². The molecule has 0 aromatic rings. The number of hydrogen-bond acceptors (Lipinski definition) is 6. The van der Waals surface area contributed by atoms with Gasteiger partial charge in [0, 0.05) is 19.3 Å². The van der Waals surface area contributed by atoms with Crippen molar-refractivity contribution in [1.29, 1.82) is 0 Å². The van der Waals surface area contributed by atoms with Gasteiger partial charge in [0.2, 0.25) is 0 Å². The molecule has 0 aliphatic carbocycles. The van der Waals surface area contributed by atoms with Gasteiger partial charge in [-0.1, -0.05) is 262 Å². The second-order valence-electron chi connectivity index (χ2n) is 20.9. The summed E-state index contributed by atoms with van der Waals surface area (Å²) in [5.74, 6) is -0.967. The van der Waals surface area contributed by atoms with Gasteiger partial charge in [-0.15, -0.1) is 0 Å². The van der Waals surface area contributed by atoms with E-state index in [2.05, 4.69) is 191 Å². The van der Waals surface area contributed by atoms with E-state index in [1.165, 1.54) is 38.5 Å². The lowest BCUT2D eigenvalue weighted by Crippen LogP contribution is -2.30. The highest BCUT2D eigenvalue weighted by atomic mass is 16.6. The van der Waals surface area contributed by atoms with Gasteiger partial charge >= 0.3 is 17.9 Å². The zero-order chi connectivity index (χ0) is 58.5. The number of ether oxygens (including phenoxy) is 3. The summed E-state index contributed by atoms with van der Waals surface area (Å²) in [6, 6.07) is 0. The van der Waals surface area contributed by atoms with E-state index in [9.17, 15) is 14.4 Å². The number of rotatable bonds is 57. The summed E-state index contributed by atoms with van der Waals surface area (Å²) >= 11 is 0. The van der Waals surface area contributed by atoms with Crippen molar-refractivity contribution in [2.24, 2.45) is 0 Å². The predicted molar refractivity (Wildman–Crippen MR) is 352 cm³/mol. The second-order valence-corrected chi connectivity index (χ2v) is 20.9. The fourth-order valence-electron chi connectivity index (χ4n) is 8.36. The van der Waals surface area contributed by atoms with Crippen molar-refractivity contribution in [1.82, 2.24) is 0 Å². The number of hydrogen-bond donors (Lipinski definition) is 0. The molecule has 0 saturated carbocycles. The van der Waals surface area contributed by atoms with Gasteiger partial charge in [0.05, 0.1) is 0 Å². The van der Waals surface area contributed by atoms with E-state index in [1.807, 2.05) is 0 Å². The first-order valence-electron chi connectivity index (χ1n) is 32.6. The maximum Gasteiger partial charge on any atom is 0.306 e. The van der Waals surface area contributed by atoms with Gasteiger partial charge in [0.15, 0.2) is 6.10 Å². The molecule has 0 aromatic heterocycles. The molecule has 6 heteroatoms. The molecular formula is C75H118O6. The minimum Gasteiger partial charge on any atom is -0.462 e. The Balaban J connectivity index is 4.50. The van der Waals surface area contributed by atoms with Crippen LogP contribution in [0.2, 0.25) is 0 Å². The molecule has 0 spiro atoms. The van der Waals surface area contributed by atoms with Gasteiger partial charge in [-0.25, -0.2) is 0 Å². The first kappa shape index (κ1) is 75.8. The van der Waals surface area contributed by atoms with Crippen molar-refractivity contribution in [2.75, 3.05) is 13.2 Å². The summed E-state index contributed by atoms with van der Waals surface area (Å²) in [7, 11) is 0. The van der Waals surface area contributed by atoms with Crippen LogP contribution in [0.4, 0.5) is 0 Å². The van der Waals surface area contributed by atoms with Gasteiger partial charge in [-0.05, 0) is 154 Å². The number of unbranched alkanes of at least 4 members (excludes halogenated alkanes) is 18. The number of carbonyl (C=O) groups excluding carboxylic acids is 3. The molecule has 454 valence electrons. The third kappa shape index (κ3) is 65.5. The third-order valence-electron chi connectivity index (χ3n) is 13.2. The Bertz CT molecular complexity index is 1860. The average Bonchev–Trinajstić information content (AvgIpc) is 3.47. The highest BCUT2D eigenvalue weighted by molar-refractivity contribution is 5.71. The lowest BCUT2D eigenvalue weighted by Gasteiger charge is -2.18. The molecule has 0 saturated heterocycles.